The standard InChI is InChI=1S/C12H12O2/c1-4-9-8(3)6-7-11(12(13)14)10(9)5-2/h4-7H,1-2H2,3H3,(H,13,14). The Balaban J connectivity index is 3.56. The molecular weight excluding hydrogens is 176 g/mol. The van der Waals surface area contributed by atoms with Crippen LogP contribution in [0.1, 0.15) is 27.0 Å². The molecule has 0 atom stereocenters. The van der Waals surface area contributed by atoms with Crippen molar-refractivity contribution in [3.63, 3.8) is 0 Å². The molecule has 0 saturated carbocycles. The average Bonchev–Trinajstić information content (AvgIpc) is 2.16. The van der Waals surface area contributed by atoms with Gasteiger partial charge in [0.2, 0.25) is 0 Å². The third-order valence-electron chi connectivity index (χ3n) is 2.14. The fourth-order valence-corrected chi connectivity index (χ4v) is 1.42. The first kappa shape index (κ1) is 10.3. The minimum Gasteiger partial charge on any atom is -0.478 e. The van der Waals surface area contributed by atoms with Crippen LogP contribution in [0.15, 0.2) is 25.3 Å². The smallest absolute Gasteiger partial charge is 0.336 e. The van der Waals surface area contributed by atoms with E-state index in [1.54, 1.807) is 24.3 Å². The van der Waals surface area contributed by atoms with E-state index in [1.807, 2.05) is 6.92 Å². The Bertz CT molecular complexity index is 403. The molecule has 1 aromatic carbocycles. The maximum absolute atomic E-state index is 10.9. The van der Waals surface area contributed by atoms with E-state index in [-0.39, 0.29) is 5.56 Å². The fourth-order valence-electron chi connectivity index (χ4n) is 1.42. The van der Waals surface area contributed by atoms with E-state index in [1.165, 1.54) is 0 Å². The van der Waals surface area contributed by atoms with Gasteiger partial charge in [0.1, 0.15) is 0 Å². The van der Waals surface area contributed by atoms with Gasteiger partial charge in [-0.25, -0.2) is 4.79 Å². The first-order chi connectivity index (χ1) is 6.61. The van der Waals surface area contributed by atoms with Crippen molar-refractivity contribution in [2.45, 2.75) is 6.92 Å². The quantitative estimate of drug-likeness (QED) is 0.791. The van der Waals surface area contributed by atoms with Crippen molar-refractivity contribution in [3.05, 3.63) is 47.5 Å². The molecule has 1 aromatic rings. The van der Waals surface area contributed by atoms with Gasteiger partial charge in [0.25, 0.3) is 0 Å². The molecule has 0 aromatic heterocycles. The van der Waals surface area contributed by atoms with Crippen LogP contribution in [-0.4, -0.2) is 11.1 Å². The summed E-state index contributed by atoms with van der Waals surface area (Å²) in [5.41, 5.74) is 2.73. The SMILES string of the molecule is C=Cc1c(C)ccc(C(=O)O)c1C=C. The largest absolute Gasteiger partial charge is 0.478 e. The molecule has 2 nitrogen and oxygen atoms in total. The van der Waals surface area contributed by atoms with Gasteiger partial charge in [0, 0.05) is 0 Å². The van der Waals surface area contributed by atoms with Crippen molar-refractivity contribution in [3.8, 4) is 0 Å². The third kappa shape index (κ3) is 1.59. The van der Waals surface area contributed by atoms with Crippen molar-refractivity contribution >= 4 is 18.1 Å². The summed E-state index contributed by atoms with van der Waals surface area (Å²) < 4.78 is 0. The molecule has 0 radical (unpaired) electrons. The second-order valence-corrected chi connectivity index (χ2v) is 2.97. The predicted octanol–water partition coefficient (Wildman–Crippen LogP) is 2.98. The van der Waals surface area contributed by atoms with E-state index in [9.17, 15) is 4.79 Å². The number of aryl methyl sites for hydroxylation is 1. The molecule has 0 heterocycles. The molecule has 0 spiro atoms. The van der Waals surface area contributed by atoms with Crippen molar-refractivity contribution in [1.82, 2.24) is 0 Å². The summed E-state index contributed by atoms with van der Waals surface area (Å²) in [6.07, 6.45) is 3.20. The minimum absolute atomic E-state index is 0.264. The van der Waals surface area contributed by atoms with Crippen LogP contribution in [0.2, 0.25) is 0 Å². The Morgan fingerprint density at radius 1 is 1.29 bits per heavy atom. The number of aromatic carboxylic acids is 1. The lowest BCUT2D eigenvalue weighted by Gasteiger charge is -2.08. The molecular formula is C12H12O2. The van der Waals surface area contributed by atoms with Crippen molar-refractivity contribution in [2.75, 3.05) is 0 Å². The van der Waals surface area contributed by atoms with Crippen LogP contribution >= 0.6 is 0 Å². The third-order valence-corrected chi connectivity index (χ3v) is 2.14. The summed E-state index contributed by atoms with van der Waals surface area (Å²) in [6, 6.07) is 3.36. The summed E-state index contributed by atoms with van der Waals surface area (Å²) in [5, 5.41) is 8.93. The van der Waals surface area contributed by atoms with Crippen LogP contribution in [-0.2, 0) is 0 Å². The molecule has 0 aliphatic heterocycles. The van der Waals surface area contributed by atoms with Crippen LogP contribution < -0.4 is 0 Å². The van der Waals surface area contributed by atoms with Gasteiger partial charge in [-0.1, -0.05) is 31.4 Å². The molecule has 0 aliphatic rings. The lowest BCUT2D eigenvalue weighted by Crippen LogP contribution is -2.02. The van der Waals surface area contributed by atoms with Crippen molar-refractivity contribution < 1.29 is 9.90 Å². The maximum Gasteiger partial charge on any atom is 0.336 e. The van der Waals surface area contributed by atoms with Crippen molar-refractivity contribution in [1.29, 1.82) is 0 Å². The number of carbonyl (C=O) groups is 1. The second kappa shape index (κ2) is 3.92. The Morgan fingerprint density at radius 2 is 1.86 bits per heavy atom. The molecule has 0 amide bonds. The fraction of sp³-hybridized carbons (Fsp3) is 0.0833. The molecule has 1 rings (SSSR count). The second-order valence-electron chi connectivity index (χ2n) is 2.97. The molecule has 2 heteroatoms. The van der Waals surface area contributed by atoms with Gasteiger partial charge in [0.15, 0.2) is 0 Å². The van der Waals surface area contributed by atoms with E-state index in [2.05, 4.69) is 13.2 Å². The predicted molar refractivity (Wildman–Crippen MR) is 58.3 cm³/mol. The molecule has 0 unspecified atom stereocenters. The van der Waals surface area contributed by atoms with Gasteiger partial charge < -0.3 is 5.11 Å². The highest BCUT2D eigenvalue weighted by atomic mass is 16.4. The summed E-state index contributed by atoms with van der Waals surface area (Å²) in [7, 11) is 0. The van der Waals surface area contributed by atoms with Gasteiger partial charge in [-0.05, 0) is 29.7 Å². The molecule has 0 saturated heterocycles. The van der Waals surface area contributed by atoms with E-state index in [0.29, 0.717) is 5.56 Å². The average molecular weight is 188 g/mol. The monoisotopic (exact) mass is 188 g/mol. The molecule has 0 bridgehead atoms. The minimum atomic E-state index is -0.942. The zero-order valence-electron chi connectivity index (χ0n) is 8.08. The highest BCUT2D eigenvalue weighted by Crippen LogP contribution is 2.21. The van der Waals surface area contributed by atoms with Crippen LogP contribution in [0.25, 0.3) is 12.2 Å². The van der Waals surface area contributed by atoms with E-state index in [4.69, 9.17) is 5.11 Å². The van der Waals surface area contributed by atoms with Crippen LogP contribution in [0, 0.1) is 6.92 Å². The van der Waals surface area contributed by atoms with E-state index >= 15 is 0 Å². The normalized spacial score (nSPS) is 9.50. The highest BCUT2D eigenvalue weighted by molar-refractivity contribution is 5.94. The van der Waals surface area contributed by atoms with Gasteiger partial charge in [0.05, 0.1) is 5.56 Å². The Hall–Kier alpha value is -1.83. The van der Waals surface area contributed by atoms with Crippen LogP contribution in [0.4, 0.5) is 0 Å². The molecule has 0 fully saturated rings. The number of hydrogen-bond acceptors (Lipinski definition) is 1. The summed E-state index contributed by atoms with van der Waals surface area (Å²) in [4.78, 5) is 10.9. The van der Waals surface area contributed by atoms with Gasteiger partial charge in [-0.3, -0.25) is 0 Å². The number of carboxylic acid groups (broad SMARTS) is 1. The molecule has 0 aliphatic carbocycles. The molecule has 72 valence electrons. The lowest BCUT2D eigenvalue weighted by atomic mass is 9.96. The Kier molecular flexibility index (Phi) is 2.87. The number of rotatable bonds is 3. The first-order valence-corrected chi connectivity index (χ1v) is 4.23. The summed E-state index contributed by atoms with van der Waals surface area (Å²) >= 11 is 0. The molecule has 14 heavy (non-hydrogen) atoms. The van der Waals surface area contributed by atoms with Gasteiger partial charge >= 0.3 is 5.97 Å². The van der Waals surface area contributed by atoms with Gasteiger partial charge in [-0.15, -0.1) is 0 Å². The molecule has 1 N–H and O–H groups in total. The van der Waals surface area contributed by atoms with E-state index in [0.717, 1.165) is 11.1 Å². The van der Waals surface area contributed by atoms with Crippen LogP contribution in [0.3, 0.4) is 0 Å². The zero-order chi connectivity index (χ0) is 10.7. The van der Waals surface area contributed by atoms with Crippen molar-refractivity contribution in [2.24, 2.45) is 0 Å². The highest BCUT2D eigenvalue weighted by Gasteiger charge is 2.11. The summed E-state index contributed by atoms with van der Waals surface area (Å²) in [6.45, 7) is 9.19. The van der Waals surface area contributed by atoms with E-state index < -0.39 is 5.97 Å². The lowest BCUT2D eigenvalue weighted by molar-refractivity contribution is 0.0696. The van der Waals surface area contributed by atoms with Gasteiger partial charge in [-0.2, -0.15) is 0 Å². The summed E-state index contributed by atoms with van der Waals surface area (Å²) in [5.74, 6) is -0.942. The zero-order valence-corrected chi connectivity index (χ0v) is 8.08. The number of carboxylic acids is 1. The topological polar surface area (TPSA) is 37.3 Å². The number of hydrogen-bond donors (Lipinski definition) is 1. The number of benzene rings is 1. The Morgan fingerprint density at radius 3 is 2.29 bits per heavy atom. The Labute approximate surface area is 83.2 Å². The van der Waals surface area contributed by atoms with Crippen LogP contribution in [0.5, 0.6) is 0 Å². The maximum atomic E-state index is 10.9. The first-order valence-electron chi connectivity index (χ1n) is 4.23.